The highest BCUT2D eigenvalue weighted by Gasteiger charge is 2.38. The van der Waals surface area contributed by atoms with Gasteiger partial charge < -0.3 is 21.3 Å². The summed E-state index contributed by atoms with van der Waals surface area (Å²) >= 11 is 0. The topological polar surface area (TPSA) is 143 Å². The van der Waals surface area contributed by atoms with Crippen molar-refractivity contribution in [2.75, 3.05) is 19.7 Å². The molecule has 0 aromatic carbocycles. The second kappa shape index (κ2) is 11.7. The van der Waals surface area contributed by atoms with Crippen molar-refractivity contribution in [1.82, 2.24) is 21.3 Å². The Balaban J connectivity index is 2.07. The Morgan fingerprint density at radius 2 is 1.60 bits per heavy atom. The van der Waals surface area contributed by atoms with Gasteiger partial charge in [0.1, 0.15) is 19.2 Å². The van der Waals surface area contributed by atoms with Crippen LogP contribution < -0.4 is 21.3 Å². The molecule has 4 amide bonds. The first-order chi connectivity index (χ1) is 16.1. The number of amides is 4. The molecule has 2 rings (SSSR count). The summed E-state index contributed by atoms with van der Waals surface area (Å²) in [5.41, 5.74) is 0. The van der Waals surface area contributed by atoms with E-state index in [0.29, 0.717) is 12.8 Å². The number of nitrogens with one attached hydrogen (secondary N) is 4. The van der Waals surface area contributed by atoms with Crippen LogP contribution in [-0.2, 0) is 28.7 Å². The van der Waals surface area contributed by atoms with Crippen molar-refractivity contribution in [3.8, 4) is 0 Å². The summed E-state index contributed by atoms with van der Waals surface area (Å²) < 4.78 is 77.3. The smallest absolute Gasteiger partial charge is 0.356 e. The molecule has 4 N–H and O–H groups in total. The lowest BCUT2D eigenvalue weighted by molar-refractivity contribution is -0.321. The molecule has 16 heteroatoms. The molecular formula is C19H24F6N4O6. The third-order valence-corrected chi connectivity index (χ3v) is 5.31. The van der Waals surface area contributed by atoms with Crippen molar-refractivity contribution in [2.45, 2.75) is 56.7 Å². The Labute approximate surface area is 194 Å². The molecule has 0 unspecified atom stereocenters. The van der Waals surface area contributed by atoms with E-state index in [0.717, 1.165) is 0 Å². The van der Waals surface area contributed by atoms with Crippen LogP contribution in [0.2, 0.25) is 0 Å². The Kier molecular flexibility index (Phi) is 9.45. The molecular weight excluding hydrogens is 494 g/mol. The monoisotopic (exact) mass is 518 g/mol. The predicted molar refractivity (Wildman–Crippen MR) is 103 cm³/mol. The molecule has 10 nitrogen and oxygen atoms in total. The molecule has 2 fully saturated rings. The molecule has 1 aliphatic carbocycles. The van der Waals surface area contributed by atoms with E-state index in [-0.39, 0.29) is 31.7 Å². The minimum absolute atomic E-state index is 0.0198. The maximum absolute atomic E-state index is 12.8. The molecule has 198 valence electrons. The average molecular weight is 518 g/mol. The van der Waals surface area contributed by atoms with E-state index in [2.05, 4.69) is 15.4 Å². The number of hydrogen-bond donors (Lipinski definition) is 4. The summed E-state index contributed by atoms with van der Waals surface area (Å²) in [6.07, 6.45) is -8.66. The third kappa shape index (κ3) is 10.5. The fourth-order valence-corrected chi connectivity index (χ4v) is 3.35. The highest BCUT2D eigenvalue weighted by molar-refractivity contribution is 6.35. The van der Waals surface area contributed by atoms with E-state index in [1.165, 1.54) is 5.32 Å². The Hall–Kier alpha value is -2.91. The van der Waals surface area contributed by atoms with Gasteiger partial charge in [-0.1, -0.05) is 12.8 Å². The SMILES string of the molecule is O=C(NCC(F)(F)F)C(=O)N[C@@H](CC1CC1)C(=O)N[C@@H](C[C@@H]1CCNC1=O)C(=O)COC(F)(F)F. The zero-order valence-electron chi connectivity index (χ0n) is 18.2. The van der Waals surface area contributed by atoms with E-state index in [4.69, 9.17) is 0 Å². The van der Waals surface area contributed by atoms with Gasteiger partial charge in [-0.3, -0.25) is 28.7 Å². The van der Waals surface area contributed by atoms with Crippen molar-refractivity contribution >= 4 is 29.4 Å². The highest BCUT2D eigenvalue weighted by atomic mass is 19.4. The first-order valence-electron chi connectivity index (χ1n) is 10.6. The fraction of sp³-hybridized carbons (Fsp3) is 0.737. The molecule has 0 aromatic rings. The number of ketones is 1. The number of carbonyl (C=O) groups is 5. The molecule has 0 bridgehead atoms. The lowest BCUT2D eigenvalue weighted by atomic mass is 9.95. The van der Waals surface area contributed by atoms with Gasteiger partial charge in [-0.05, 0) is 25.2 Å². The minimum Gasteiger partial charge on any atom is -0.356 e. The molecule has 1 saturated carbocycles. The Bertz CT molecular complexity index is 830. The van der Waals surface area contributed by atoms with Gasteiger partial charge in [0.05, 0.1) is 6.04 Å². The van der Waals surface area contributed by atoms with Crippen LogP contribution in [0.3, 0.4) is 0 Å². The summed E-state index contributed by atoms with van der Waals surface area (Å²) in [6.45, 7) is -2.95. The van der Waals surface area contributed by atoms with Crippen molar-refractivity contribution in [1.29, 1.82) is 0 Å². The Morgan fingerprint density at radius 3 is 2.11 bits per heavy atom. The van der Waals surface area contributed by atoms with Gasteiger partial charge in [-0.2, -0.15) is 13.2 Å². The van der Waals surface area contributed by atoms with Crippen LogP contribution in [0.25, 0.3) is 0 Å². The van der Waals surface area contributed by atoms with Gasteiger partial charge in [0, 0.05) is 12.5 Å². The summed E-state index contributed by atoms with van der Waals surface area (Å²) in [5, 5.41) is 8.02. The first kappa shape index (κ1) is 28.3. The summed E-state index contributed by atoms with van der Waals surface area (Å²) in [5.74, 6) is -6.70. The van der Waals surface area contributed by atoms with E-state index in [9.17, 15) is 50.3 Å². The van der Waals surface area contributed by atoms with Gasteiger partial charge in [0.15, 0.2) is 5.78 Å². The van der Waals surface area contributed by atoms with E-state index in [1.54, 1.807) is 0 Å². The standard InChI is InChI=1S/C19H24F6N4O6/c20-18(21,22)8-27-16(33)17(34)29-12(5-9-1-2-9)15(32)28-11(6-10-3-4-26-14(10)31)13(30)7-35-19(23,24)25/h9-12H,1-8H2,(H,26,31)(H,27,33)(H,28,32)(H,29,34)/t10-,11-,12-/m0/s1. The Morgan fingerprint density at radius 1 is 0.943 bits per heavy atom. The van der Waals surface area contributed by atoms with Crippen molar-refractivity contribution in [3.63, 3.8) is 0 Å². The van der Waals surface area contributed by atoms with Gasteiger partial charge in [0.25, 0.3) is 0 Å². The zero-order valence-corrected chi connectivity index (χ0v) is 18.2. The maximum atomic E-state index is 12.8. The number of hydrogen-bond acceptors (Lipinski definition) is 6. The van der Waals surface area contributed by atoms with Crippen LogP contribution in [0.15, 0.2) is 0 Å². The summed E-state index contributed by atoms with van der Waals surface area (Å²) in [7, 11) is 0. The van der Waals surface area contributed by atoms with Crippen LogP contribution in [0, 0.1) is 11.8 Å². The van der Waals surface area contributed by atoms with Crippen LogP contribution in [0.1, 0.15) is 32.1 Å². The minimum atomic E-state index is -5.12. The van der Waals surface area contributed by atoms with Crippen molar-refractivity contribution < 1.29 is 55.1 Å². The highest BCUT2D eigenvalue weighted by Crippen LogP contribution is 2.33. The lowest BCUT2D eigenvalue weighted by Crippen LogP contribution is -2.55. The molecule has 0 aromatic heterocycles. The number of alkyl halides is 6. The van der Waals surface area contributed by atoms with E-state index >= 15 is 0 Å². The number of ether oxygens (including phenoxy) is 1. The maximum Gasteiger partial charge on any atom is 0.522 e. The molecule has 1 heterocycles. The lowest BCUT2D eigenvalue weighted by Gasteiger charge is -2.24. The zero-order chi connectivity index (χ0) is 26.4. The van der Waals surface area contributed by atoms with Crippen molar-refractivity contribution in [2.24, 2.45) is 11.8 Å². The molecule has 0 radical (unpaired) electrons. The molecule has 3 atom stereocenters. The number of rotatable bonds is 11. The van der Waals surface area contributed by atoms with Crippen LogP contribution in [0.4, 0.5) is 26.3 Å². The van der Waals surface area contributed by atoms with Gasteiger partial charge in [-0.25, -0.2) is 0 Å². The molecule has 1 aliphatic heterocycles. The average Bonchev–Trinajstić information content (AvgIpc) is 3.47. The summed E-state index contributed by atoms with van der Waals surface area (Å²) in [4.78, 5) is 60.6. The third-order valence-electron chi connectivity index (χ3n) is 5.31. The number of carbonyl (C=O) groups excluding carboxylic acids is 5. The van der Waals surface area contributed by atoms with Crippen LogP contribution in [0.5, 0.6) is 0 Å². The molecule has 0 spiro atoms. The first-order valence-corrected chi connectivity index (χ1v) is 10.6. The normalized spacial score (nSPS) is 19.9. The summed E-state index contributed by atoms with van der Waals surface area (Å²) in [6, 6.07) is -3.04. The van der Waals surface area contributed by atoms with Crippen LogP contribution in [-0.4, -0.2) is 73.7 Å². The molecule has 1 saturated heterocycles. The van der Waals surface area contributed by atoms with Gasteiger partial charge >= 0.3 is 24.4 Å². The number of halogens is 6. The second-order valence-corrected chi connectivity index (χ2v) is 8.28. The number of Topliss-reactive ketones (excluding diaryl/α,β-unsaturated/α-hetero) is 1. The van der Waals surface area contributed by atoms with E-state index < -0.39 is 73.1 Å². The van der Waals surface area contributed by atoms with E-state index in [1.807, 2.05) is 5.32 Å². The predicted octanol–water partition coefficient (Wildman–Crippen LogP) is 0.0663. The fourth-order valence-electron chi connectivity index (χ4n) is 3.35. The van der Waals surface area contributed by atoms with Crippen LogP contribution >= 0.6 is 0 Å². The quantitative estimate of drug-likeness (QED) is 0.225. The largest absolute Gasteiger partial charge is 0.522 e. The van der Waals surface area contributed by atoms with Gasteiger partial charge in [-0.15, -0.1) is 13.2 Å². The second-order valence-electron chi connectivity index (χ2n) is 8.28. The van der Waals surface area contributed by atoms with Gasteiger partial charge in [0.2, 0.25) is 11.8 Å². The molecule has 35 heavy (non-hydrogen) atoms. The molecule has 2 aliphatic rings. The van der Waals surface area contributed by atoms with Crippen molar-refractivity contribution in [3.05, 3.63) is 0 Å².